The van der Waals surface area contributed by atoms with Crippen LogP contribution in [0.25, 0.3) is 0 Å². The highest BCUT2D eigenvalue weighted by Crippen LogP contribution is 2.21. The summed E-state index contributed by atoms with van der Waals surface area (Å²) in [7, 11) is 0. The van der Waals surface area contributed by atoms with E-state index in [2.05, 4.69) is 60.5 Å². The summed E-state index contributed by atoms with van der Waals surface area (Å²) in [6.07, 6.45) is 0.585. The number of nitrogens with zero attached hydrogens (tertiary/aromatic N) is 2. The Hall–Kier alpha value is -1.37. The normalized spacial score (nSPS) is 23.5. The molecular weight excluding hydrogens is 234 g/mol. The molecule has 1 aliphatic rings. The summed E-state index contributed by atoms with van der Waals surface area (Å²) in [5, 5.41) is 12.4. The van der Waals surface area contributed by atoms with Crippen LogP contribution in [0.3, 0.4) is 0 Å². The van der Waals surface area contributed by atoms with E-state index < -0.39 is 0 Å². The van der Waals surface area contributed by atoms with E-state index >= 15 is 0 Å². The molecule has 0 radical (unpaired) electrons. The van der Waals surface area contributed by atoms with Crippen LogP contribution in [0.15, 0.2) is 30.3 Å². The lowest BCUT2D eigenvalue weighted by Gasteiger charge is -2.29. The molecule has 1 unspecified atom stereocenters. The van der Waals surface area contributed by atoms with Crippen molar-refractivity contribution in [2.24, 2.45) is 5.41 Å². The molecule has 1 saturated heterocycles. The standard InChI is InChI=1S/C16H23N3/c1-16(2)12-18-15(8-9-17)11-19(13-16)10-14-6-4-3-5-7-14/h3-7,15,18H,8,10-13H2,1-2H3. The molecule has 1 aromatic rings. The van der Waals surface area contributed by atoms with Gasteiger partial charge >= 0.3 is 0 Å². The Bertz CT molecular complexity index is 433. The first-order chi connectivity index (χ1) is 9.09. The van der Waals surface area contributed by atoms with Gasteiger partial charge in [-0.15, -0.1) is 0 Å². The zero-order valence-electron chi connectivity index (χ0n) is 11.9. The molecule has 0 bridgehead atoms. The van der Waals surface area contributed by atoms with Crippen LogP contribution in [0, 0.1) is 16.7 Å². The molecule has 1 atom stereocenters. The third-order valence-corrected chi connectivity index (χ3v) is 3.59. The SMILES string of the molecule is CC1(C)CNC(CC#N)CN(Cc2ccccc2)C1. The molecule has 0 amide bonds. The molecule has 1 N–H and O–H groups in total. The van der Waals surface area contributed by atoms with Gasteiger partial charge in [-0.25, -0.2) is 0 Å². The average Bonchev–Trinajstić information content (AvgIpc) is 2.50. The minimum atomic E-state index is 0.249. The first-order valence-electron chi connectivity index (χ1n) is 6.96. The molecule has 0 spiro atoms. The molecule has 1 aliphatic heterocycles. The van der Waals surface area contributed by atoms with Gasteiger partial charge in [0, 0.05) is 32.2 Å². The van der Waals surface area contributed by atoms with Gasteiger partial charge in [-0.2, -0.15) is 5.26 Å². The third kappa shape index (κ3) is 4.34. The topological polar surface area (TPSA) is 39.1 Å². The van der Waals surface area contributed by atoms with Crippen molar-refractivity contribution in [3.63, 3.8) is 0 Å². The maximum atomic E-state index is 8.91. The minimum absolute atomic E-state index is 0.249. The van der Waals surface area contributed by atoms with E-state index in [1.165, 1.54) is 5.56 Å². The van der Waals surface area contributed by atoms with Crippen LogP contribution in [0.5, 0.6) is 0 Å². The van der Waals surface area contributed by atoms with Crippen molar-refractivity contribution in [2.75, 3.05) is 19.6 Å². The third-order valence-electron chi connectivity index (χ3n) is 3.59. The van der Waals surface area contributed by atoms with Crippen molar-refractivity contribution in [3.05, 3.63) is 35.9 Å². The van der Waals surface area contributed by atoms with Crippen molar-refractivity contribution >= 4 is 0 Å². The number of nitriles is 1. The fourth-order valence-corrected chi connectivity index (χ4v) is 2.73. The van der Waals surface area contributed by atoms with Crippen molar-refractivity contribution in [1.82, 2.24) is 10.2 Å². The minimum Gasteiger partial charge on any atom is -0.311 e. The van der Waals surface area contributed by atoms with E-state index in [0.29, 0.717) is 6.42 Å². The van der Waals surface area contributed by atoms with E-state index in [0.717, 1.165) is 26.2 Å². The Morgan fingerprint density at radius 1 is 1.37 bits per heavy atom. The van der Waals surface area contributed by atoms with E-state index in [1.54, 1.807) is 0 Å². The second kappa shape index (κ2) is 6.18. The number of nitrogens with one attached hydrogen (secondary N) is 1. The van der Waals surface area contributed by atoms with Crippen molar-refractivity contribution in [3.8, 4) is 6.07 Å². The smallest absolute Gasteiger partial charge is 0.0638 e. The van der Waals surface area contributed by atoms with Gasteiger partial charge in [0.05, 0.1) is 12.5 Å². The fraction of sp³-hybridized carbons (Fsp3) is 0.562. The van der Waals surface area contributed by atoms with Crippen LogP contribution in [-0.2, 0) is 6.54 Å². The monoisotopic (exact) mass is 257 g/mol. The maximum Gasteiger partial charge on any atom is 0.0638 e. The number of rotatable bonds is 3. The quantitative estimate of drug-likeness (QED) is 0.903. The fourth-order valence-electron chi connectivity index (χ4n) is 2.73. The van der Waals surface area contributed by atoms with Gasteiger partial charge in [-0.05, 0) is 11.0 Å². The summed E-state index contributed by atoms with van der Waals surface area (Å²) in [6.45, 7) is 8.53. The predicted molar refractivity (Wildman–Crippen MR) is 77.5 cm³/mol. The molecule has 1 aromatic carbocycles. The Balaban J connectivity index is 2.06. The van der Waals surface area contributed by atoms with Gasteiger partial charge in [0.2, 0.25) is 0 Å². The van der Waals surface area contributed by atoms with Gasteiger partial charge in [0.1, 0.15) is 0 Å². The van der Waals surface area contributed by atoms with Crippen molar-refractivity contribution < 1.29 is 0 Å². The van der Waals surface area contributed by atoms with Crippen LogP contribution in [0.2, 0.25) is 0 Å². The second-order valence-corrected chi connectivity index (χ2v) is 6.26. The molecule has 3 nitrogen and oxygen atoms in total. The van der Waals surface area contributed by atoms with Gasteiger partial charge in [0.25, 0.3) is 0 Å². The number of hydrogen-bond acceptors (Lipinski definition) is 3. The lowest BCUT2D eigenvalue weighted by Crippen LogP contribution is -2.37. The van der Waals surface area contributed by atoms with Crippen LogP contribution in [0.1, 0.15) is 25.8 Å². The Kier molecular flexibility index (Phi) is 4.57. The van der Waals surface area contributed by atoms with Crippen LogP contribution >= 0.6 is 0 Å². The molecule has 1 heterocycles. The number of hydrogen-bond donors (Lipinski definition) is 1. The Labute approximate surface area is 116 Å². The summed E-state index contributed by atoms with van der Waals surface area (Å²) >= 11 is 0. The summed E-state index contributed by atoms with van der Waals surface area (Å²) in [4.78, 5) is 2.47. The molecule has 3 heteroatoms. The highest BCUT2D eigenvalue weighted by molar-refractivity contribution is 5.14. The molecule has 2 rings (SSSR count). The summed E-state index contributed by atoms with van der Waals surface area (Å²) < 4.78 is 0. The van der Waals surface area contributed by atoms with Gasteiger partial charge in [-0.3, -0.25) is 4.90 Å². The molecule has 0 saturated carbocycles. The first-order valence-corrected chi connectivity index (χ1v) is 6.96. The van der Waals surface area contributed by atoms with Crippen molar-refractivity contribution in [1.29, 1.82) is 5.26 Å². The number of benzene rings is 1. The van der Waals surface area contributed by atoms with Gasteiger partial charge < -0.3 is 5.32 Å². The molecule has 102 valence electrons. The summed E-state index contributed by atoms with van der Waals surface area (Å²) in [6, 6.07) is 13.1. The van der Waals surface area contributed by atoms with E-state index in [-0.39, 0.29) is 11.5 Å². The van der Waals surface area contributed by atoms with Crippen molar-refractivity contribution in [2.45, 2.75) is 32.9 Å². The zero-order valence-corrected chi connectivity index (χ0v) is 11.9. The van der Waals surface area contributed by atoms with E-state index in [1.807, 2.05) is 0 Å². The molecule has 0 aliphatic carbocycles. The average molecular weight is 257 g/mol. The van der Waals surface area contributed by atoms with E-state index in [4.69, 9.17) is 5.26 Å². The van der Waals surface area contributed by atoms with Crippen LogP contribution in [0.4, 0.5) is 0 Å². The van der Waals surface area contributed by atoms with Crippen LogP contribution < -0.4 is 5.32 Å². The first kappa shape index (κ1) is 14.0. The molecule has 1 fully saturated rings. The van der Waals surface area contributed by atoms with Crippen LogP contribution in [-0.4, -0.2) is 30.6 Å². The largest absolute Gasteiger partial charge is 0.311 e. The summed E-state index contributed by atoms with van der Waals surface area (Å²) in [5.41, 5.74) is 1.59. The second-order valence-electron chi connectivity index (χ2n) is 6.26. The van der Waals surface area contributed by atoms with E-state index in [9.17, 15) is 0 Å². The molecular formula is C16H23N3. The highest BCUT2D eigenvalue weighted by atomic mass is 15.2. The zero-order chi connectivity index (χ0) is 13.7. The highest BCUT2D eigenvalue weighted by Gasteiger charge is 2.28. The summed E-state index contributed by atoms with van der Waals surface area (Å²) in [5.74, 6) is 0. The lowest BCUT2D eigenvalue weighted by molar-refractivity contribution is 0.194. The maximum absolute atomic E-state index is 8.91. The van der Waals surface area contributed by atoms with Gasteiger partial charge in [0.15, 0.2) is 0 Å². The Morgan fingerprint density at radius 3 is 2.79 bits per heavy atom. The molecule has 19 heavy (non-hydrogen) atoms. The predicted octanol–water partition coefficient (Wildman–Crippen LogP) is 2.40. The molecule has 0 aromatic heterocycles. The lowest BCUT2D eigenvalue weighted by atomic mass is 9.93. The van der Waals surface area contributed by atoms with Gasteiger partial charge in [-0.1, -0.05) is 44.2 Å². The Morgan fingerprint density at radius 2 is 2.11 bits per heavy atom.